The third-order valence-electron chi connectivity index (χ3n) is 4.32. The Morgan fingerprint density at radius 1 is 1.33 bits per heavy atom. The van der Waals surface area contributed by atoms with E-state index in [0.717, 1.165) is 43.1 Å². The van der Waals surface area contributed by atoms with Gasteiger partial charge in [0.2, 0.25) is 0 Å². The Hall–Kier alpha value is -1.71. The SMILES string of the molecule is CC1CCN(C(=O)N(Cc2ccccc2N)C(C)C)CC1. The lowest BCUT2D eigenvalue weighted by Crippen LogP contribution is -2.48. The molecule has 0 atom stereocenters. The van der Waals surface area contributed by atoms with Crippen LogP contribution in [0.1, 0.15) is 39.2 Å². The Kier molecular flexibility index (Phi) is 5.10. The molecule has 1 saturated heterocycles. The topological polar surface area (TPSA) is 49.6 Å². The number of amides is 2. The number of nitrogen functional groups attached to an aromatic ring is 1. The molecule has 0 unspecified atom stereocenters. The van der Waals surface area contributed by atoms with Gasteiger partial charge in [0.15, 0.2) is 0 Å². The fourth-order valence-corrected chi connectivity index (χ4v) is 2.71. The highest BCUT2D eigenvalue weighted by Crippen LogP contribution is 2.21. The Morgan fingerprint density at radius 2 is 1.95 bits per heavy atom. The second kappa shape index (κ2) is 6.83. The molecule has 1 heterocycles. The summed E-state index contributed by atoms with van der Waals surface area (Å²) in [7, 11) is 0. The average Bonchev–Trinajstić information content (AvgIpc) is 2.46. The predicted octanol–water partition coefficient (Wildman–Crippen LogP) is 3.33. The number of carbonyl (C=O) groups excluding carboxylic acids is 1. The monoisotopic (exact) mass is 289 g/mol. The maximum Gasteiger partial charge on any atom is 0.320 e. The van der Waals surface area contributed by atoms with E-state index in [9.17, 15) is 4.79 Å². The molecule has 0 spiro atoms. The molecule has 21 heavy (non-hydrogen) atoms. The molecule has 2 N–H and O–H groups in total. The van der Waals surface area contributed by atoms with Gasteiger partial charge in [-0.15, -0.1) is 0 Å². The molecule has 1 aromatic carbocycles. The summed E-state index contributed by atoms with van der Waals surface area (Å²) in [5.41, 5.74) is 7.79. The smallest absolute Gasteiger partial charge is 0.320 e. The molecule has 1 aliphatic heterocycles. The quantitative estimate of drug-likeness (QED) is 0.868. The van der Waals surface area contributed by atoms with Crippen LogP contribution >= 0.6 is 0 Å². The van der Waals surface area contributed by atoms with E-state index in [1.54, 1.807) is 0 Å². The van der Waals surface area contributed by atoms with Crippen molar-refractivity contribution in [2.45, 2.75) is 46.2 Å². The van der Waals surface area contributed by atoms with Crippen molar-refractivity contribution < 1.29 is 4.79 Å². The molecule has 0 aromatic heterocycles. The van der Waals surface area contributed by atoms with E-state index < -0.39 is 0 Å². The molecule has 1 aromatic rings. The van der Waals surface area contributed by atoms with Gasteiger partial charge in [-0.3, -0.25) is 0 Å². The van der Waals surface area contributed by atoms with Crippen LogP contribution in [0.5, 0.6) is 0 Å². The molecule has 0 bridgehead atoms. The minimum absolute atomic E-state index is 0.139. The minimum atomic E-state index is 0.139. The van der Waals surface area contributed by atoms with Crippen molar-refractivity contribution in [3.63, 3.8) is 0 Å². The first-order valence-electron chi connectivity index (χ1n) is 7.88. The number of hydrogen-bond donors (Lipinski definition) is 1. The van der Waals surface area contributed by atoms with E-state index in [4.69, 9.17) is 5.73 Å². The summed E-state index contributed by atoms with van der Waals surface area (Å²) >= 11 is 0. The number of benzene rings is 1. The van der Waals surface area contributed by atoms with Crippen LogP contribution in [0.2, 0.25) is 0 Å². The van der Waals surface area contributed by atoms with Gasteiger partial charge in [-0.25, -0.2) is 4.79 Å². The van der Waals surface area contributed by atoms with E-state index in [0.29, 0.717) is 6.54 Å². The van der Waals surface area contributed by atoms with Crippen molar-refractivity contribution >= 4 is 11.7 Å². The second-order valence-electron chi connectivity index (χ2n) is 6.37. The first-order chi connectivity index (χ1) is 9.99. The number of carbonyl (C=O) groups is 1. The molecule has 1 fully saturated rings. The molecule has 0 aliphatic carbocycles. The van der Waals surface area contributed by atoms with Crippen molar-refractivity contribution in [2.75, 3.05) is 18.8 Å². The number of hydrogen-bond acceptors (Lipinski definition) is 2. The largest absolute Gasteiger partial charge is 0.398 e. The van der Waals surface area contributed by atoms with Crippen LogP contribution < -0.4 is 5.73 Å². The van der Waals surface area contributed by atoms with Crippen LogP contribution in [0.25, 0.3) is 0 Å². The highest BCUT2D eigenvalue weighted by atomic mass is 16.2. The van der Waals surface area contributed by atoms with Gasteiger partial charge in [0.05, 0.1) is 0 Å². The van der Waals surface area contributed by atoms with Crippen LogP contribution in [0.15, 0.2) is 24.3 Å². The summed E-state index contributed by atoms with van der Waals surface area (Å²) in [6.07, 6.45) is 2.20. The maximum absolute atomic E-state index is 12.8. The number of nitrogens with two attached hydrogens (primary N) is 1. The van der Waals surface area contributed by atoms with E-state index >= 15 is 0 Å². The van der Waals surface area contributed by atoms with Crippen molar-refractivity contribution in [2.24, 2.45) is 5.92 Å². The number of nitrogens with zero attached hydrogens (tertiary/aromatic N) is 2. The van der Waals surface area contributed by atoms with Crippen LogP contribution in [0, 0.1) is 5.92 Å². The van der Waals surface area contributed by atoms with Crippen molar-refractivity contribution in [3.05, 3.63) is 29.8 Å². The lowest BCUT2D eigenvalue weighted by Gasteiger charge is -2.37. The second-order valence-corrected chi connectivity index (χ2v) is 6.37. The zero-order valence-electron chi connectivity index (χ0n) is 13.4. The third-order valence-corrected chi connectivity index (χ3v) is 4.32. The van der Waals surface area contributed by atoms with Gasteiger partial charge >= 0.3 is 6.03 Å². The van der Waals surface area contributed by atoms with Crippen LogP contribution in [-0.2, 0) is 6.54 Å². The Morgan fingerprint density at radius 3 is 2.52 bits per heavy atom. The maximum atomic E-state index is 12.8. The number of piperidine rings is 1. The minimum Gasteiger partial charge on any atom is -0.398 e. The highest BCUT2D eigenvalue weighted by molar-refractivity contribution is 5.75. The van der Waals surface area contributed by atoms with E-state index in [-0.39, 0.29) is 12.1 Å². The highest BCUT2D eigenvalue weighted by Gasteiger charge is 2.26. The fourth-order valence-electron chi connectivity index (χ4n) is 2.71. The van der Waals surface area contributed by atoms with Crippen LogP contribution in [0.4, 0.5) is 10.5 Å². The van der Waals surface area contributed by atoms with E-state index in [2.05, 4.69) is 20.8 Å². The summed E-state index contributed by atoms with van der Waals surface area (Å²) in [6, 6.07) is 8.08. The number of anilines is 1. The lowest BCUT2D eigenvalue weighted by atomic mass is 9.99. The summed E-state index contributed by atoms with van der Waals surface area (Å²) in [6.45, 7) is 8.69. The van der Waals surface area contributed by atoms with Gasteiger partial charge in [0, 0.05) is 31.4 Å². The summed E-state index contributed by atoms with van der Waals surface area (Å²) in [5, 5.41) is 0. The van der Waals surface area contributed by atoms with Gasteiger partial charge in [0.1, 0.15) is 0 Å². The number of urea groups is 1. The van der Waals surface area contributed by atoms with Crippen molar-refractivity contribution in [3.8, 4) is 0 Å². The molecule has 116 valence electrons. The molecule has 2 amide bonds. The molecular weight excluding hydrogens is 262 g/mol. The van der Waals surface area contributed by atoms with Gasteiger partial charge in [-0.1, -0.05) is 25.1 Å². The first-order valence-corrected chi connectivity index (χ1v) is 7.88. The van der Waals surface area contributed by atoms with Gasteiger partial charge in [0.25, 0.3) is 0 Å². The molecule has 1 aliphatic rings. The summed E-state index contributed by atoms with van der Waals surface area (Å²) in [5.74, 6) is 0.728. The first kappa shape index (κ1) is 15.7. The zero-order valence-corrected chi connectivity index (χ0v) is 13.4. The molecule has 0 saturated carbocycles. The molecule has 4 nitrogen and oxygen atoms in total. The normalized spacial score (nSPS) is 16.3. The Labute approximate surface area is 127 Å². The van der Waals surface area contributed by atoms with Gasteiger partial charge in [-0.05, 0) is 44.2 Å². The predicted molar refractivity (Wildman–Crippen MR) is 86.9 cm³/mol. The standard InChI is InChI=1S/C17H27N3O/c1-13(2)20(12-15-6-4-5-7-16(15)18)17(21)19-10-8-14(3)9-11-19/h4-7,13-14H,8-12,18H2,1-3H3. The summed E-state index contributed by atoms with van der Waals surface area (Å²) in [4.78, 5) is 16.7. The van der Waals surface area contributed by atoms with Gasteiger partial charge in [-0.2, -0.15) is 0 Å². The third kappa shape index (κ3) is 3.90. The molecule has 4 heteroatoms. The zero-order chi connectivity index (χ0) is 15.4. The van der Waals surface area contributed by atoms with Crippen molar-refractivity contribution in [1.29, 1.82) is 0 Å². The summed E-state index contributed by atoms with van der Waals surface area (Å²) < 4.78 is 0. The molecular formula is C17H27N3O. The fraction of sp³-hybridized carbons (Fsp3) is 0.588. The van der Waals surface area contributed by atoms with Crippen LogP contribution in [0.3, 0.4) is 0 Å². The molecule has 0 radical (unpaired) electrons. The van der Waals surface area contributed by atoms with E-state index in [1.807, 2.05) is 34.1 Å². The van der Waals surface area contributed by atoms with E-state index in [1.165, 1.54) is 0 Å². The average molecular weight is 289 g/mol. The molecule has 2 rings (SSSR count). The van der Waals surface area contributed by atoms with Crippen LogP contribution in [-0.4, -0.2) is 35.0 Å². The number of para-hydroxylation sites is 1. The Bertz CT molecular complexity index is 479. The number of rotatable bonds is 3. The number of likely N-dealkylation sites (tertiary alicyclic amines) is 1. The van der Waals surface area contributed by atoms with Crippen molar-refractivity contribution in [1.82, 2.24) is 9.80 Å². The Balaban J connectivity index is 2.08. The van der Waals surface area contributed by atoms with Gasteiger partial charge < -0.3 is 15.5 Å². The lowest BCUT2D eigenvalue weighted by molar-refractivity contribution is 0.121.